The molecular formula is C18H19N3O4. The molecule has 2 aromatic carbocycles. The van der Waals surface area contributed by atoms with Gasteiger partial charge in [0.15, 0.2) is 11.5 Å². The van der Waals surface area contributed by atoms with Gasteiger partial charge in [-0.2, -0.15) is 0 Å². The van der Waals surface area contributed by atoms with E-state index in [0.29, 0.717) is 16.8 Å². The van der Waals surface area contributed by atoms with Crippen LogP contribution in [0, 0.1) is 0 Å². The average Bonchev–Trinajstić information content (AvgIpc) is 2.62. The van der Waals surface area contributed by atoms with E-state index in [1.54, 1.807) is 49.3 Å². The molecule has 7 heteroatoms. The van der Waals surface area contributed by atoms with Crippen molar-refractivity contribution in [3.05, 3.63) is 53.6 Å². The summed E-state index contributed by atoms with van der Waals surface area (Å²) in [6.45, 7) is 0.0391. The molecule has 0 aromatic heterocycles. The molecule has 1 atom stereocenters. The minimum absolute atomic E-state index is 0.0391. The first-order valence-corrected chi connectivity index (χ1v) is 7.79. The Morgan fingerprint density at radius 3 is 2.56 bits per heavy atom. The lowest BCUT2D eigenvalue weighted by atomic mass is 10.0. The van der Waals surface area contributed by atoms with Gasteiger partial charge in [-0.1, -0.05) is 18.2 Å². The molecule has 1 heterocycles. The van der Waals surface area contributed by atoms with Crippen molar-refractivity contribution in [2.75, 3.05) is 25.5 Å². The van der Waals surface area contributed by atoms with Crippen molar-refractivity contribution in [3.8, 4) is 11.5 Å². The van der Waals surface area contributed by atoms with E-state index in [9.17, 15) is 19.8 Å². The van der Waals surface area contributed by atoms with Gasteiger partial charge < -0.3 is 25.3 Å². The maximum absolute atomic E-state index is 12.7. The third kappa shape index (κ3) is 2.84. The van der Waals surface area contributed by atoms with Gasteiger partial charge in [0.25, 0.3) is 5.91 Å². The highest BCUT2D eigenvalue weighted by Crippen LogP contribution is 2.39. The number of likely N-dealkylation sites (N-methyl/N-ethyl adjacent to an activating group) is 1. The minimum Gasteiger partial charge on any atom is -0.504 e. The molecule has 2 aromatic rings. The lowest BCUT2D eigenvalue weighted by Gasteiger charge is -2.43. The molecule has 3 rings (SSSR count). The largest absolute Gasteiger partial charge is 0.504 e. The number of nitrogens with zero attached hydrogens (tertiary/aromatic N) is 2. The van der Waals surface area contributed by atoms with Gasteiger partial charge in [-0.15, -0.1) is 0 Å². The summed E-state index contributed by atoms with van der Waals surface area (Å²) >= 11 is 0. The number of carbonyl (C=O) groups is 2. The van der Waals surface area contributed by atoms with Crippen molar-refractivity contribution in [2.24, 2.45) is 0 Å². The topological polar surface area (TPSA) is 93.1 Å². The number of benzene rings is 2. The smallest absolute Gasteiger partial charge is 0.257 e. The summed E-state index contributed by atoms with van der Waals surface area (Å²) in [7, 11) is 3.19. The normalized spacial score (nSPS) is 16.6. The Kier molecular flexibility index (Phi) is 4.22. The summed E-state index contributed by atoms with van der Waals surface area (Å²) in [5.74, 6) is -0.907. The van der Waals surface area contributed by atoms with E-state index in [0.717, 1.165) is 0 Å². The fourth-order valence-corrected chi connectivity index (χ4v) is 3.06. The number of phenols is 2. The summed E-state index contributed by atoms with van der Waals surface area (Å²) in [6, 6.07) is 11.5. The molecule has 0 unspecified atom stereocenters. The molecule has 0 aliphatic carbocycles. The number of aromatic hydroxyl groups is 2. The molecule has 0 radical (unpaired) electrons. The standard InChI is InChI=1S/C18H19N3O4/c1-19-16(24)10-21-13-6-4-3-5-12(13)18(25)20(2)17(21)11-7-8-14(22)15(23)9-11/h3-9,17,22-23H,10H2,1-2H3,(H,19,24)/t17-/m0/s1. The molecule has 3 N–H and O–H groups in total. The second kappa shape index (κ2) is 6.35. The second-order valence-corrected chi connectivity index (χ2v) is 5.86. The molecule has 2 amide bonds. The Morgan fingerprint density at radius 1 is 1.16 bits per heavy atom. The van der Waals surface area contributed by atoms with Gasteiger partial charge in [0.2, 0.25) is 5.91 Å². The number of rotatable bonds is 3. The molecule has 0 saturated carbocycles. The minimum atomic E-state index is -0.591. The first kappa shape index (κ1) is 16.6. The molecule has 0 fully saturated rings. The van der Waals surface area contributed by atoms with Crippen molar-refractivity contribution in [3.63, 3.8) is 0 Å². The van der Waals surface area contributed by atoms with Gasteiger partial charge >= 0.3 is 0 Å². The predicted molar refractivity (Wildman–Crippen MR) is 92.5 cm³/mol. The zero-order valence-corrected chi connectivity index (χ0v) is 13.9. The zero-order valence-electron chi connectivity index (χ0n) is 13.9. The number of hydrogen-bond acceptors (Lipinski definition) is 5. The van der Waals surface area contributed by atoms with Crippen LogP contribution in [-0.4, -0.2) is 47.6 Å². The van der Waals surface area contributed by atoms with Crippen LogP contribution >= 0.6 is 0 Å². The Bertz CT molecular complexity index is 837. The van der Waals surface area contributed by atoms with E-state index >= 15 is 0 Å². The first-order valence-electron chi connectivity index (χ1n) is 7.79. The zero-order chi connectivity index (χ0) is 18.1. The maximum atomic E-state index is 12.7. The van der Waals surface area contributed by atoms with E-state index in [2.05, 4.69) is 5.32 Å². The number of hydrogen-bond donors (Lipinski definition) is 3. The molecule has 1 aliphatic rings. The third-order valence-corrected chi connectivity index (χ3v) is 4.32. The molecule has 0 bridgehead atoms. The fraction of sp³-hybridized carbons (Fsp3) is 0.222. The Morgan fingerprint density at radius 2 is 1.88 bits per heavy atom. The van der Waals surface area contributed by atoms with Crippen molar-refractivity contribution in [2.45, 2.75) is 6.17 Å². The quantitative estimate of drug-likeness (QED) is 0.735. The van der Waals surface area contributed by atoms with Gasteiger partial charge in [-0.25, -0.2) is 0 Å². The van der Waals surface area contributed by atoms with E-state index in [4.69, 9.17) is 0 Å². The Balaban J connectivity index is 2.14. The summed E-state index contributed by atoms with van der Waals surface area (Å²) in [5, 5.41) is 22.0. The molecule has 0 spiro atoms. The van der Waals surface area contributed by atoms with Crippen LogP contribution in [0.3, 0.4) is 0 Å². The molecule has 1 aliphatic heterocycles. The van der Waals surface area contributed by atoms with E-state index in [-0.39, 0.29) is 29.9 Å². The number of phenolic OH excluding ortho intramolecular Hbond substituents is 2. The fourth-order valence-electron chi connectivity index (χ4n) is 3.06. The second-order valence-electron chi connectivity index (χ2n) is 5.86. The number of amides is 2. The molecule has 0 saturated heterocycles. The molecule has 25 heavy (non-hydrogen) atoms. The van der Waals surface area contributed by atoms with E-state index in [1.165, 1.54) is 17.0 Å². The lowest BCUT2D eigenvalue weighted by molar-refractivity contribution is -0.119. The summed E-state index contributed by atoms with van der Waals surface area (Å²) in [4.78, 5) is 28.1. The highest BCUT2D eigenvalue weighted by atomic mass is 16.3. The number of para-hydroxylation sites is 1. The number of nitrogens with one attached hydrogen (secondary N) is 1. The SMILES string of the molecule is CNC(=O)CN1c2ccccc2C(=O)N(C)[C@@H]1c1ccc(O)c(O)c1. The average molecular weight is 341 g/mol. The van der Waals surface area contributed by atoms with Crippen LogP contribution in [0.1, 0.15) is 22.1 Å². The highest BCUT2D eigenvalue weighted by molar-refractivity contribution is 6.02. The van der Waals surface area contributed by atoms with Crippen LogP contribution in [0.15, 0.2) is 42.5 Å². The van der Waals surface area contributed by atoms with Crippen molar-refractivity contribution >= 4 is 17.5 Å². The van der Waals surface area contributed by atoms with Crippen LogP contribution < -0.4 is 10.2 Å². The summed E-state index contributed by atoms with van der Waals surface area (Å²) < 4.78 is 0. The van der Waals surface area contributed by atoms with Gasteiger partial charge in [0.1, 0.15) is 6.17 Å². The van der Waals surface area contributed by atoms with Crippen LogP contribution in [0.25, 0.3) is 0 Å². The predicted octanol–water partition coefficient (Wildman–Crippen LogP) is 1.43. The van der Waals surface area contributed by atoms with Crippen molar-refractivity contribution < 1.29 is 19.8 Å². The molecular weight excluding hydrogens is 322 g/mol. The Hall–Kier alpha value is -3.22. The maximum Gasteiger partial charge on any atom is 0.257 e. The van der Waals surface area contributed by atoms with Crippen LogP contribution in [0.5, 0.6) is 11.5 Å². The van der Waals surface area contributed by atoms with Crippen LogP contribution in [0.4, 0.5) is 5.69 Å². The molecule has 130 valence electrons. The monoisotopic (exact) mass is 341 g/mol. The number of anilines is 1. The van der Waals surface area contributed by atoms with Crippen molar-refractivity contribution in [1.82, 2.24) is 10.2 Å². The third-order valence-electron chi connectivity index (χ3n) is 4.32. The molecule has 7 nitrogen and oxygen atoms in total. The summed E-state index contributed by atoms with van der Waals surface area (Å²) in [6.07, 6.45) is -0.591. The summed E-state index contributed by atoms with van der Waals surface area (Å²) in [5.41, 5.74) is 1.74. The Labute approximate surface area is 145 Å². The van der Waals surface area contributed by atoms with Gasteiger partial charge in [0.05, 0.1) is 17.8 Å². The van der Waals surface area contributed by atoms with Gasteiger partial charge in [-0.3, -0.25) is 9.59 Å². The lowest BCUT2D eigenvalue weighted by Crippen LogP contribution is -2.50. The van der Waals surface area contributed by atoms with Crippen LogP contribution in [0.2, 0.25) is 0 Å². The van der Waals surface area contributed by atoms with Gasteiger partial charge in [0, 0.05) is 14.1 Å². The van der Waals surface area contributed by atoms with Gasteiger partial charge in [-0.05, 0) is 29.8 Å². The van der Waals surface area contributed by atoms with E-state index < -0.39 is 6.17 Å². The number of fused-ring (bicyclic) bond motifs is 1. The van der Waals surface area contributed by atoms with Crippen LogP contribution in [-0.2, 0) is 4.79 Å². The number of carbonyl (C=O) groups excluding carboxylic acids is 2. The first-order chi connectivity index (χ1) is 11.9. The highest BCUT2D eigenvalue weighted by Gasteiger charge is 2.37. The van der Waals surface area contributed by atoms with Crippen molar-refractivity contribution in [1.29, 1.82) is 0 Å². The van der Waals surface area contributed by atoms with E-state index in [1.807, 2.05) is 0 Å².